The Balaban J connectivity index is 2.28. The lowest BCUT2D eigenvalue weighted by Gasteiger charge is -2.22. The van der Waals surface area contributed by atoms with Gasteiger partial charge in [0.15, 0.2) is 0 Å². The monoisotopic (exact) mass is 381 g/mol. The lowest BCUT2D eigenvalue weighted by molar-refractivity contribution is 0.406. The Hall–Kier alpha value is -2.79. The van der Waals surface area contributed by atoms with Gasteiger partial charge in [0, 0.05) is 18.8 Å². The van der Waals surface area contributed by atoms with Gasteiger partial charge in [-0.3, -0.25) is 10.0 Å². The van der Waals surface area contributed by atoms with Gasteiger partial charge in [0.1, 0.15) is 5.82 Å². The second-order valence-corrected chi connectivity index (χ2v) is 6.92. The molecule has 1 heterocycles. The minimum atomic E-state index is -0.241. The first-order valence-electron chi connectivity index (χ1n) is 8.57. The van der Waals surface area contributed by atoms with E-state index in [4.69, 9.17) is 0 Å². The van der Waals surface area contributed by atoms with Crippen LogP contribution >= 0.6 is 11.3 Å². The molecule has 5 heteroatoms. The van der Waals surface area contributed by atoms with E-state index >= 15 is 0 Å². The third-order valence-corrected chi connectivity index (χ3v) is 4.63. The van der Waals surface area contributed by atoms with Crippen LogP contribution in [0.2, 0.25) is 0 Å². The number of aryl methyl sites for hydroxylation is 1. The number of rotatable bonds is 8. The fraction of sp³-hybridized carbons (Fsp3) is 0.182. The molecule has 0 aliphatic rings. The highest BCUT2D eigenvalue weighted by Gasteiger charge is 2.13. The molecule has 2 aromatic rings. The van der Waals surface area contributed by atoms with Crippen LogP contribution in [0.3, 0.4) is 0 Å². The van der Waals surface area contributed by atoms with E-state index in [1.165, 1.54) is 6.07 Å². The molecule has 0 atom stereocenters. The van der Waals surface area contributed by atoms with Crippen LogP contribution in [0.25, 0.3) is 5.70 Å². The van der Waals surface area contributed by atoms with E-state index in [-0.39, 0.29) is 5.82 Å². The van der Waals surface area contributed by atoms with Gasteiger partial charge >= 0.3 is 0 Å². The quantitative estimate of drug-likeness (QED) is 0.320. The average molecular weight is 382 g/mol. The summed E-state index contributed by atoms with van der Waals surface area (Å²) >= 11 is 1.58. The molecule has 0 N–H and O–H groups in total. The highest BCUT2D eigenvalue weighted by molar-refractivity contribution is 7.11. The summed E-state index contributed by atoms with van der Waals surface area (Å²) in [5.74, 6) is -0.241. The smallest absolute Gasteiger partial charge is 0.128 e. The first-order valence-corrected chi connectivity index (χ1v) is 9.45. The van der Waals surface area contributed by atoms with Crippen molar-refractivity contribution in [2.75, 3.05) is 7.05 Å². The summed E-state index contributed by atoms with van der Waals surface area (Å²) in [5.41, 5.74) is 3.13. The van der Waals surface area contributed by atoms with Gasteiger partial charge in [0.2, 0.25) is 0 Å². The molecule has 0 bridgehead atoms. The zero-order valence-corrected chi connectivity index (χ0v) is 16.7. The summed E-state index contributed by atoms with van der Waals surface area (Å²) in [4.78, 5) is 4.89. The number of hydrogen-bond donors (Lipinski definition) is 0. The maximum Gasteiger partial charge on any atom is 0.128 e. The Morgan fingerprint density at radius 3 is 2.78 bits per heavy atom. The molecule has 3 nitrogen and oxygen atoms in total. The average Bonchev–Trinajstić information content (AvgIpc) is 3.18. The Morgan fingerprint density at radius 2 is 2.07 bits per heavy atom. The molecule has 2 rings (SSSR count). The van der Waals surface area contributed by atoms with Crippen LogP contribution in [0.1, 0.15) is 22.9 Å². The summed E-state index contributed by atoms with van der Waals surface area (Å²) in [6.45, 7) is 8.34. The number of nitrogens with zero attached hydrogens (tertiary/aromatic N) is 3. The highest BCUT2D eigenvalue weighted by Crippen LogP contribution is 2.25. The third kappa shape index (κ3) is 6.46. The number of halogens is 1. The van der Waals surface area contributed by atoms with Crippen LogP contribution in [0.15, 0.2) is 76.7 Å². The van der Waals surface area contributed by atoms with Gasteiger partial charge in [-0.2, -0.15) is 5.10 Å². The fourth-order valence-electron chi connectivity index (χ4n) is 2.37. The van der Waals surface area contributed by atoms with Crippen LogP contribution in [-0.4, -0.2) is 24.0 Å². The second kappa shape index (κ2) is 10.4. The van der Waals surface area contributed by atoms with E-state index in [0.29, 0.717) is 12.1 Å². The maximum atomic E-state index is 14.3. The third-order valence-electron chi connectivity index (χ3n) is 3.71. The van der Waals surface area contributed by atoms with Gasteiger partial charge in [-0.05, 0) is 43.5 Å². The van der Waals surface area contributed by atoms with Crippen molar-refractivity contribution >= 4 is 29.0 Å². The van der Waals surface area contributed by atoms with Gasteiger partial charge in [-0.25, -0.2) is 4.39 Å². The summed E-state index contributed by atoms with van der Waals surface area (Å²) in [5, 5.41) is 8.39. The second-order valence-electron chi connectivity index (χ2n) is 5.97. The molecule has 0 aliphatic carbocycles. The first kappa shape index (κ1) is 20.5. The van der Waals surface area contributed by atoms with Gasteiger partial charge in [0.25, 0.3) is 0 Å². The number of allylic oxidation sites excluding steroid dienone is 4. The molecule has 0 aliphatic heterocycles. The van der Waals surface area contributed by atoms with Crippen LogP contribution in [-0.2, 0) is 6.54 Å². The predicted octanol–water partition coefficient (Wildman–Crippen LogP) is 5.86. The fourth-order valence-corrected chi connectivity index (χ4v) is 3.07. The molecule has 0 spiro atoms. The summed E-state index contributed by atoms with van der Waals surface area (Å²) in [7, 11) is 1.72. The molecule has 1 aromatic heterocycles. The normalized spacial score (nSPS) is 12.5. The molecule has 0 unspecified atom stereocenters. The lowest BCUT2D eigenvalue weighted by Crippen LogP contribution is -2.17. The number of hydrazone groups is 1. The van der Waals surface area contributed by atoms with E-state index in [1.54, 1.807) is 35.7 Å². The van der Waals surface area contributed by atoms with Crippen molar-refractivity contribution < 1.29 is 4.39 Å². The minimum Gasteiger partial charge on any atom is -0.297 e. The summed E-state index contributed by atoms with van der Waals surface area (Å²) in [6, 6.07) is 9.05. The Bertz CT molecular complexity index is 877. The lowest BCUT2D eigenvalue weighted by atomic mass is 10.1. The molecule has 0 saturated carbocycles. The van der Waals surface area contributed by atoms with Gasteiger partial charge < -0.3 is 0 Å². The molecule has 0 amide bonds. The Kier molecular flexibility index (Phi) is 7.89. The van der Waals surface area contributed by atoms with Crippen LogP contribution in [0.4, 0.5) is 4.39 Å². The van der Waals surface area contributed by atoms with E-state index in [1.807, 2.05) is 61.7 Å². The SMILES string of the molecule is C=C(c1cccs1)N(Cc1cc(C)ccc1F)/N=C(C)/C=C/C=C\C=NC. The Labute approximate surface area is 164 Å². The van der Waals surface area contributed by atoms with Crippen LogP contribution in [0, 0.1) is 12.7 Å². The largest absolute Gasteiger partial charge is 0.297 e. The number of thiophene rings is 1. The van der Waals surface area contributed by atoms with Gasteiger partial charge in [0.05, 0.1) is 22.8 Å². The number of aliphatic imine (C=N–C) groups is 1. The molecular weight excluding hydrogens is 357 g/mol. The maximum absolute atomic E-state index is 14.3. The highest BCUT2D eigenvalue weighted by atomic mass is 32.1. The van der Waals surface area contributed by atoms with Crippen molar-refractivity contribution in [3.05, 3.63) is 88.4 Å². The van der Waals surface area contributed by atoms with Crippen LogP contribution < -0.4 is 0 Å². The molecule has 1 aromatic carbocycles. The zero-order chi connectivity index (χ0) is 19.6. The zero-order valence-electron chi connectivity index (χ0n) is 15.9. The summed E-state index contributed by atoms with van der Waals surface area (Å²) < 4.78 is 14.3. The van der Waals surface area contributed by atoms with Crippen molar-refractivity contribution in [2.24, 2.45) is 10.1 Å². The van der Waals surface area contributed by atoms with Crippen molar-refractivity contribution in [1.82, 2.24) is 5.01 Å². The van der Waals surface area contributed by atoms with Crippen molar-refractivity contribution in [1.29, 1.82) is 0 Å². The van der Waals surface area contributed by atoms with Gasteiger partial charge in [-0.1, -0.05) is 42.5 Å². The standard InChI is InChI=1S/C22H24FN3S/c1-17-11-12-21(23)20(15-17)16-26(19(3)22-10-8-14-27-22)25-18(2)9-6-5-7-13-24-4/h5-15H,3,16H2,1-2,4H3/b7-5-,9-6+,24-13?,25-18+. The summed E-state index contributed by atoms with van der Waals surface area (Å²) in [6.07, 6.45) is 9.21. The van der Waals surface area contributed by atoms with Crippen molar-refractivity contribution in [2.45, 2.75) is 20.4 Å². The van der Waals surface area contributed by atoms with Crippen LogP contribution in [0.5, 0.6) is 0 Å². The molecule has 140 valence electrons. The Morgan fingerprint density at radius 1 is 1.26 bits per heavy atom. The molecular formula is C22H24FN3S. The molecule has 27 heavy (non-hydrogen) atoms. The van der Waals surface area contributed by atoms with Crippen molar-refractivity contribution in [3.8, 4) is 0 Å². The van der Waals surface area contributed by atoms with E-state index in [9.17, 15) is 4.39 Å². The number of hydrogen-bond acceptors (Lipinski definition) is 4. The van der Waals surface area contributed by atoms with Gasteiger partial charge in [-0.15, -0.1) is 11.3 Å². The molecule has 0 radical (unpaired) electrons. The topological polar surface area (TPSA) is 28.0 Å². The molecule has 0 fully saturated rings. The van der Waals surface area contributed by atoms with E-state index in [0.717, 1.165) is 21.8 Å². The van der Waals surface area contributed by atoms with E-state index < -0.39 is 0 Å². The minimum absolute atomic E-state index is 0.241. The molecule has 0 saturated heterocycles. The predicted molar refractivity (Wildman–Crippen MR) is 116 cm³/mol. The number of benzene rings is 1. The van der Waals surface area contributed by atoms with E-state index in [2.05, 4.69) is 16.7 Å². The first-order chi connectivity index (χ1) is 13.0. The van der Waals surface area contributed by atoms with Crippen molar-refractivity contribution in [3.63, 3.8) is 0 Å².